The Morgan fingerprint density at radius 1 is 1.52 bits per heavy atom. The Bertz CT molecular complexity index is 548. The van der Waals surface area contributed by atoms with Crippen molar-refractivity contribution in [3.8, 4) is 0 Å². The van der Waals surface area contributed by atoms with Crippen LogP contribution < -0.4 is 10.6 Å². The fraction of sp³-hybridized carbons (Fsp3) is 0.500. The van der Waals surface area contributed by atoms with E-state index in [1.54, 1.807) is 11.8 Å². The van der Waals surface area contributed by atoms with Gasteiger partial charge in [-0.1, -0.05) is 5.16 Å². The summed E-state index contributed by atoms with van der Waals surface area (Å²) < 4.78 is 43.7. The summed E-state index contributed by atoms with van der Waals surface area (Å²) in [6, 6.07) is 1.80. The van der Waals surface area contributed by atoms with Gasteiger partial charge in [0, 0.05) is 6.54 Å². The largest absolute Gasteiger partial charge is 0.433 e. The SMILES string of the molecule is CC1COCCN1c1nc(C(F)(F)F)ccc1C(N)=NO. The van der Waals surface area contributed by atoms with Crippen LogP contribution in [0.2, 0.25) is 0 Å². The van der Waals surface area contributed by atoms with Gasteiger partial charge in [0.25, 0.3) is 0 Å². The van der Waals surface area contributed by atoms with E-state index < -0.39 is 11.9 Å². The normalized spacial score (nSPS) is 20.7. The highest BCUT2D eigenvalue weighted by molar-refractivity contribution is 6.01. The highest BCUT2D eigenvalue weighted by Gasteiger charge is 2.34. The smallest absolute Gasteiger partial charge is 0.409 e. The number of aromatic nitrogens is 1. The lowest BCUT2D eigenvalue weighted by Crippen LogP contribution is -2.45. The van der Waals surface area contributed by atoms with Gasteiger partial charge in [-0.15, -0.1) is 0 Å². The minimum absolute atomic E-state index is 0.0379. The Morgan fingerprint density at radius 2 is 2.24 bits per heavy atom. The molecule has 1 saturated heterocycles. The van der Waals surface area contributed by atoms with E-state index in [-0.39, 0.29) is 23.3 Å². The van der Waals surface area contributed by atoms with Crippen LogP contribution in [0.4, 0.5) is 19.0 Å². The molecule has 0 radical (unpaired) electrons. The van der Waals surface area contributed by atoms with E-state index >= 15 is 0 Å². The second-order valence-corrected chi connectivity index (χ2v) is 4.67. The van der Waals surface area contributed by atoms with E-state index in [1.807, 2.05) is 0 Å². The summed E-state index contributed by atoms with van der Waals surface area (Å²) in [6.45, 7) is 2.92. The minimum atomic E-state index is -4.56. The average Bonchev–Trinajstić information content (AvgIpc) is 2.45. The molecule has 0 bridgehead atoms. The topological polar surface area (TPSA) is 84.0 Å². The molecule has 0 aliphatic carbocycles. The number of nitrogens with two attached hydrogens (primary N) is 1. The first kappa shape index (κ1) is 15.4. The molecule has 1 fully saturated rings. The van der Waals surface area contributed by atoms with Gasteiger partial charge in [-0.25, -0.2) is 4.98 Å². The number of ether oxygens (including phenoxy) is 1. The molecule has 21 heavy (non-hydrogen) atoms. The fourth-order valence-electron chi connectivity index (χ4n) is 2.12. The van der Waals surface area contributed by atoms with Gasteiger partial charge in [0.2, 0.25) is 0 Å². The molecule has 0 aromatic carbocycles. The molecule has 1 unspecified atom stereocenters. The van der Waals surface area contributed by atoms with Crippen molar-refractivity contribution in [2.24, 2.45) is 10.9 Å². The van der Waals surface area contributed by atoms with Crippen LogP contribution in [0.1, 0.15) is 18.2 Å². The van der Waals surface area contributed by atoms with E-state index in [9.17, 15) is 13.2 Å². The number of nitrogens with zero attached hydrogens (tertiary/aromatic N) is 3. The third-order valence-corrected chi connectivity index (χ3v) is 3.19. The standard InChI is InChI=1S/C12H15F3N4O2/c1-7-6-21-5-4-19(7)11-8(10(16)18-20)2-3-9(17-11)12(13,14)15/h2-3,7,20H,4-6H2,1H3,(H2,16,18). The zero-order chi connectivity index (χ0) is 15.6. The van der Waals surface area contributed by atoms with Crippen LogP contribution in [0, 0.1) is 0 Å². The monoisotopic (exact) mass is 304 g/mol. The van der Waals surface area contributed by atoms with E-state index in [0.717, 1.165) is 12.1 Å². The molecule has 116 valence electrons. The van der Waals surface area contributed by atoms with Gasteiger partial charge >= 0.3 is 6.18 Å². The summed E-state index contributed by atoms with van der Waals surface area (Å²) in [4.78, 5) is 5.32. The fourth-order valence-corrected chi connectivity index (χ4v) is 2.12. The second-order valence-electron chi connectivity index (χ2n) is 4.67. The lowest BCUT2D eigenvalue weighted by Gasteiger charge is -2.35. The maximum atomic E-state index is 12.8. The van der Waals surface area contributed by atoms with Crippen molar-refractivity contribution < 1.29 is 23.1 Å². The third kappa shape index (κ3) is 3.18. The van der Waals surface area contributed by atoms with Gasteiger partial charge < -0.3 is 20.6 Å². The molecule has 0 saturated carbocycles. The number of pyridine rings is 1. The molecule has 2 heterocycles. The maximum Gasteiger partial charge on any atom is 0.433 e. The molecule has 0 amide bonds. The molecule has 9 heteroatoms. The Morgan fingerprint density at radius 3 is 2.81 bits per heavy atom. The number of amidine groups is 1. The number of morpholine rings is 1. The lowest BCUT2D eigenvalue weighted by atomic mass is 10.1. The zero-order valence-electron chi connectivity index (χ0n) is 11.3. The van der Waals surface area contributed by atoms with Crippen LogP contribution in [-0.4, -0.2) is 41.8 Å². The Kier molecular flexibility index (Phi) is 4.21. The van der Waals surface area contributed by atoms with Crippen molar-refractivity contribution in [3.05, 3.63) is 23.4 Å². The molecule has 1 aromatic heterocycles. The first-order valence-electron chi connectivity index (χ1n) is 6.25. The van der Waals surface area contributed by atoms with E-state index in [0.29, 0.717) is 19.8 Å². The maximum absolute atomic E-state index is 12.8. The number of anilines is 1. The summed E-state index contributed by atoms with van der Waals surface area (Å²) in [5.74, 6) is -0.249. The quantitative estimate of drug-likeness (QED) is 0.374. The predicted octanol–water partition coefficient (Wildman–Crippen LogP) is 1.42. The summed E-state index contributed by atoms with van der Waals surface area (Å²) in [5.41, 5.74) is 4.66. The Balaban J connectivity index is 2.52. The Labute approximate surface area is 119 Å². The molecule has 0 spiro atoms. The van der Waals surface area contributed by atoms with Crippen LogP contribution in [0.15, 0.2) is 17.3 Å². The Hall–Kier alpha value is -2.03. The second kappa shape index (κ2) is 5.76. The lowest BCUT2D eigenvalue weighted by molar-refractivity contribution is -0.141. The first-order chi connectivity index (χ1) is 9.84. The van der Waals surface area contributed by atoms with Crippen LogP contribution in [0.25, 0.3) is 0 Å². The molecule has 2 rings (SSSR count). The van der Waals surface area contributed by atoms with E-state index in [4.69, 9.17) is 15.7 Å². The molecule has 3 N–H and O–H groups in total. The van der Waals surface area contributed by atoms with E-state index in [2.05, 4.69) is 10.1 Å². The number of hydrogen-bond acceptors (Lipinski definition) is 5. The van der Waals surface area contributed by atoms with Gasteiger partial charge in [-0.2, -0.15) is 13.2 Å². The van der Waals surface area contributed by atoms with Gasteiger partial charge in [0.05, 0.1) is 24.8 Å². The highest BCUT2D eigenvalue weighted by atomic mass is 19.4. The predicted molar refractivity (Wildman–Crippen MR) is 69.4 cm³/mol. The third-order valence-electron chi connectivity index (χ3n) is 3.19. The summed E-state index contributed by atoms with van der Waals surface area (Å²) in [7, 11) is 0. The van der Waals surface area contributed by atoms with Crippen molar-refractivity contribution in [3.63, 3.8) is 0 Å². The zero-order valence-corrected chi connectivity index (χ0v) is 11.3. The van der Waals surface area contributed by atoms with Crippen molar-refractivity contribution in [1.29, 1.82) is 0 Å². The van der Waals surface area contributed by atoms with Gasteiger partial charge in [-0.05, 0) is 19.1 Å². The molecule has 1 aliphatic rings. The van der Waals surface area contributed by atoms with E-state index in [1.165, 1.54) is 0 Å². The number of oxime groups is 1. The van der Waals surface area contributed by atoms with Gasteiger partial charge in [0.15, 0.2) is 5.84 Å². The van der Waals surface area contributed by atoms with Crippen molar-refractivity contribution in [1.82, 2.24) is 4.98 Å². The van der Waals surface area contributed by atoms with Crippen molar-refractivity contribution in [2.45, 2.75) is 19.1 Å². The summed E-state index contributed by atoms with van der Waals surface area (Å²) in [6.07, 6.45) is -4.56. The number of halogens is 3. The summed E-state index contributed by atoms with van der Waals surface area (Å²) >= 11 is 0. The van der Waals surface area contributed by atoms with Crippen LogP contribution in [0.5, 0.6) is 0 Å². The molecular weight excluding hydrogens is 289 g/mol. The number of hydrogen-bond donors (Lipinski definition) is 2. The van der Waals surface area contributed by atoms with Crippen LogP contribution >= 0.6 is 0 Å². The molecule has 1 aliphatic heterocycles. The minimum Gasteiger partial charge on any atom is -0.409 e. The molecular formula is C12H15F3N4O2. The average molecular weight is 304 g/mol. The van der Waals surface area contributed by atoms with Gasteiger partial charge in [0.1, 0.15) is 11.5 Å². The van der Waals surface area contributed by atoms with Gasteiger partial charge in [-0.3, -0.25) is 0 Å². The van der Waals surface area contributed by atoms with Crippen LogP contribution in [0.3, 0.4) is 0 Å². The summed E-state index contributed by atoms with van der Waals surface area (Å²) in [5, 5.41) is 11.6. The first-order valence-corrected chi connectivity index (χ1v) is 6.25. The van der Waals surface area contributed by atoms with Crippen molar-refractivity contribution >= 4 is 11.7 Å². The van der Waals surface area contributed by atoms with Crippen molar-refractivity contribution in [2.75, 3.05) is 24.7 Å². The molecule has 1 aromatic rings. The molecule has 1 atom stereocenters. The van der Waals surface area contributed by atoms with Crippen LogP contribution in [-0.2, 0) is 10.9 Å². The number of rotatable bonds is 2. The number of alkyl halides is 3. The molecule has 6 nitrogen and oxygen atoms in total. The highest BCUT2D eigenvalue weighted by Crippen LogP contribution is 2.31.